The molecular weight excluding hydrogens is 510 g/mol. The Morgan fingerprint density at radius 1 is 0.951 bits per heavy atom. The molecule has 0 radical (unpaired) electrons. The summed E-state index contributed by atoms with van der Waals surface area (Å²) >= 11 is 0. The number of piperidine rings is 1. The zero-order valence-corrected chi connectivity index (χ0v) is 26.7. The molecule has 1 aromatic heterocycles. The average Bonchev–Trinajstić information content (AvgIpc) is 3.45. The summed E-state index contributed by atoms with van der Waals surface area (Å²) in [5.74, 6) is 4.74. The molecule has 41 heavy (non-hydrogen) atoms. The molecule has 0 spiro atoms. The van der Waals surface area contributed by atoms with E-state index in [9.17, 15) is 0 Å². The number of methoxy groups -OCH3 is 1. The first-order chi connectivity index (χ1) is 19.7. The standard InChI is InChI=1S/C34H55N5O2/c1-24(2)39-18-14-27(15-19-39)35-33-28-21-30(40-6)31(22-29(28)36-32(37-33)25-11-8-7-9-12-25)41-20-10-16-38-17-13-26(23-38)34(3,4)5/h21-22,24-27H,7-20,23H2,1-6H3,(H,35,36,37). The third-order valence-corrected chi connectivity index (χ3v) is 9.94. The lowest BCUT2D eigenvalue weighted by Crippen LogP contribution is -2.42. The fourth-order valence-corrected chi connectivity index (χ4v) is 7.05. The van der Waals surface area contributed by atoms with Gasteiger partial charge >= 0.3 is 0 Å². The summed E-state index contributed by atoms with van der Waals surface area (Å²) in [7, 11) is 1.73. The maximum atomic E-state index is 6.36. The maximum absolute atomic E-state index is 6.36. The quantitative estimate of drug-likeness (QED) is 0.308. The van der Waals surface area contributed by atoms with Crippen molar-refractivity contribution in [2.24, 2.45) is 11.3 Å². The van der Waals surface area contributed by atoms with E-state index in [4.69, 9.17) is 19.4 Å². The Kier molecular flexibility index (Phi) is 9.96. The van der Waals surface area contributed by atoms with Crippen LogP contribution < -0.4 is 14.8 Å². The highest BCUT2D eigenvalue weighted by molar-refractivity contribution is 5.92. The molecule has 3 fully saturated rings. The van der Waals surface area contributed by atoms with Crippen LogP contribution in [0.3, 0.4) is 0 Å². The molecule has 2 saturated heterocycles. The zero-order valence-electron chi connectivity index (χ0n) is 26.7. The fraction of sp³-hybridized carbons (Fsp3) is 0.765. The van der Waals surface area contributed by atoms with Gasteiger partial charge in [-0.15, -0.1) is 0 Å². The second kappa shape index (κ2) is 13.5. The van der Waals surface area contributed by atoms with Crippen LogP contribution in [0.5, 0.6) is 11.5 Å². The van der Waals surface area contributed by atoms with Crippen LogP contribution in [-0.4, -0.2) is 78.3 Å². The molecule has 1 saturated carbocycles. The van der Waals surface area contributed by atoms with E-state index in [-0.39, 0.29) is 0 Å². The minimum Gasteiger partial charge on any atom is -0.493 e. The van der Waals surface area contributed by atoms with Gasteiger partial charge in [0.15, 0.2) is 11.5 Å². The van der Waals surface area contributed by atoms with E-state index in [2.05, 4.69) is 61.9 Å². The molecule has 1 unspecified atom stereocenters. The number of nitrogens with one attached hydrogen (secondary N) is 1. The highest BCUT2D eigenvalue weighted by Crippen LogP contribution is 2.38. The topological polar surface area (TPSA) is 62.8 Å². The summed E-state index contributed by atoms with van der Waals surface area (Å²) in [5.41, 5.74) is 1.35. The summed E-state index contributed by atoms with van der Waals surface area (Å²) in [6.45, 7) is 18.1. The molecule has 5 rings (SSSR count). The van der Waals surface area contributed by atoms with E-state index in [1.807, 2.05) is 0 Å². The zero-order chi connectivity index (χ0) is 29.0. The molecule has 0 amide bonds. The van der Waals surface area contributed by atoms with Gasteiger partial charge in [0, 0.05) is 55.6 Å². The third-order valence-electron chi connectivity index (χ3n) is 9.94. The van der Waals surface area contributed by atoms with Crippen molar-refractivity contribution in [2.75, 3.05) is 51.8 Å². The van der Waals surface area contributed by atoms with Crippen molar-refractivity contribution >= 4 is 16.7 Å². The summed E-state index contributed by atoms with van der Waals surface area (Å²) in [6.07, 6.45) is 10.8. The highest BCUT2D eigenvalue weighted by atomic mass is 16.5. The predicted octanol–water partition coefficient (Wildman–Crippen LogP) is 7.11. The summed E-state index contributed by atoms with van der Waals surface area (Å²) in [5, 5.41) is 4.88. The Hall–Kier alpha value is -2.12. The molecule has 1 N–H and O–H groups in total. The van der Waals surface area contributed by atoms with Gasteiger partial charge in [-0.05, 0) is 76.3 Å². The second-order valence-electron chi connectivity index (χ2n) is 14.2. The first-order valence-electron chi connectivity index (χ1n) is 16.5. The van der Waals surface area contributed by atoms with E-state index in [1.54, 1.807) is 7.11 Å². The van der Waals surface area contributed by atoms with E-state index >= 15 is 0 Å². The predicted molar refractivity (Wildman–Crippen MR) is 169 cm³/mol. The minimum absolute atomic E-state index is 0.390. The summed E-state index contributed by atoms with van der Waals surface area (Å²) < 4.78 is 12.2. The van der Waals surface area contributed by atoms with Gasteiger partial charge in [0.1, 0.15) is 11.6 Å². The van der Waals surface area contributed by atoms with Gasteiger partial charge in [-0.3, -0.25) is 0 Å². The van der Waals surface area contributed by atoms with Gasteiger partial charge in [0.25, 0.3) is 0 Å². The molecule has 7 nitrogen and oxygen atoms in total. The Morgan fingerprint density at radius 2 is 1.71 bits per heavy atom. The van der Waals surface area contributed by atoms with Crippen molar-refractivity contribution in [2.45, 2.75) is 110 Å². The van der Waals surface area contributed by atoms with Crippen LogP contribution in [0.2, 0.25) is 0 Å². The van der Waals surface area contributed by atoms with Crippen LogP contribution in [0.25, 0.3) is 10.9 Å². The number of nitrogens with zero attached hydrogens (tertiary/aromatic N) is 4. The lowest BCUT2D eigenvalue weighted by atomic mass is 9.80. The number of benzene rings is 1. The molecule has 3 aliphatic rings. The van der Waals surface area contributed by atoms with Crippen molar-refractivity contribution < 1.29 is 9.47 Å². The van der Waals surface area contributed by atoms with Crippen LogP contribution in [0, 0.1) is 11.3 Å². The number of anilines is 1. The Morgan fingerprint density at radius 3 is 2.37 bits per heavy atom. The molecule has 1 atom stereocenters. The largest absolute Gasteiger partial charge is 0.493 e. The smallest absolute Gasteiger partial charge is 0.163 e. The fourth-order valence-electron chi connectivity index (χ4n) is 7.05. The third kappa shape index (κ3) is 7.64. The van der Waals surface area contributed by atoms with Gasteiger partial charge in [-0.1, -0.05) is 40.0 Å². The molecule has 0 bridgehead atoms. The van der Waals surface area contributed by atoms with Crippen molar-refractivity contribution in [3.63, 3.8) is 0 Å². The summed E-state index contributed by atoms with van der Waals surface area (Å²) in [6, 6.07) is 5.22. The Bertz CT molecular complexity index is 1130. The molecule has 2 aliphatic heterocycles. The van der Waals surface area contributed by atoms with Gasteiger partial charge < -0.3 is 24.6 Å². The molecule has 7 heteroatoms. The number of fused-ring (bicyclic) bond motifs is 1. The molecule has 3 heterocycles. The number of hydrogen-bond acceptors (Lipinski definition) is 7. The Labute approximate surface area is 248 Å². The summed E-state index contributed by atoms with van der Waals surface area (Å²) in [4.78, 5) is 15.5. The number of rotatable bonds is 10. The van der Waals surface area contributed by atoms with E-state index < -0.39 is 0 Å². The molecule has 228 valence electrons. The number of aromatic nitrogens is 2. The van der Waals surface area contributed by atoms with Crippen molar-refractivity contribution in [1.29, 1.82) is 0 Å². The lowest BCUT2D eigenvalue weighted by molar-refractivity contribution is 0.177. The number of hydrogen-bond donors (Lipinski definition) is 1. The van der Waals surface area contributed by atoms with Gasteiger partial charge in [0.05, 0.1) is 19.2 Å². The van der Waals surface area contributed by atoms with E-state index in [0.29, 0.717) is 30.0 Å². The highest BCUT2D eigenvalue weighted by Gasteiger charge is 2.31. The first kappa shape index (κ1) is 30.3. The van der Waals surface area contributed by atoms with E-state index in [0.717, 1.165) is 78.9 Å². The van der Waals surface area contributed by atoms with Crippen molar-refractivity contribution in [3.8, 4) is 11.5 Å². The monoisotopic (exact) mass is 565 g/mol. The van der Waals surface area contributed by atoms with E-state index in [1.165, 1.54) is 51.6 Å². The van der Waals surface area contributed by atoms with Gasteiger partial charge in [-0.25, -0.2) is 9.97 Å². The van der Waals surface area contributed by atoms with Crippen molar-refractivity contribution in [3.05, 3.63) is 18.0 Å². The average molecular weight is 566 g/mol. The molecule has 2 aromatic rings. The number of ether oxygens (including phenoxy) is 2. The van der Waals surface area contributed by atoms with Crippen LogP contribution in [0.1, 0.15) is 104 Å². The normalized spacial score (nSPS) is 22.1. The second-order valence-corrected chi connectivity index (χ2v) is 14.2. The molecule has 1 aromatic carbocycles. The number of likely N-dealkylation sites (tertiary alicyclic amines) is 2. The Balaban J connectivity index is 1.31. The van der Waals surface area contributed by atoms with Gasteiger partial charge in [-0.2, -0.15) is 0 Å². The minimum atomic E-state index is 0.390. The lowest BCUT2D eigenvalue weighted by Gasteiger charge is -2.35. The van der Waals surface area contributed by atoms with Crippen LogP contribution in [0.4, 0.5) is 5.82 Å². The van der Waals surface area contributed by atoms with Crippen LogP contribution >= 0.6 is 0 Å². The van der Waals surface area contributed by atoms with Gasteiger partial charge in [0.2, 0.25) is 0 Å². The molecular formula is C34H55N5O2. The van der Waals surface area contributed by atoms with Crippen molar-refractivity contribution in [1.82, 2.24) is 19.8 Å². The SMILES string of the molecule is COc1cc2c(NC3CCN(C(C)C)CC3)nc(C3CCCCC3)nc2cc1OCCCN1CCC(C(C)(C)C)C1. The van der Waals surface area contributed by atoms with Crippen LogP contribution in [0.15, 0.2) is 12.1 Å². The van der Waals surface area contributed by atoms with Crippen LogP contribution in [-0.2, 0) is 0 Å². The molecule has 1 aliphatic carbocycles. The maximum Gasteiger partial charge on any atom is 0.163 e. The first-order valence-corrected chi connectivity index (χ1v) is 16.5.